The summed E-state index contributed by atoms with van der Waals surface area (Å²) in [5.41, 5.74) is 9.04. The molecule has 0 saturated carbocycles. The van der Waals surface area contributed by atoms with Crippen LogP contribution in [0.1, 0.15) is 28.3 Å². The monoisotopic (exact) mass is 269 g/mol. The average Bonchev–Trinajstić information content (AvgIpc) is 2.44. The van der Waals surface area contributed by atoms with E-state index < -0.39 is 0 Å². The van der Waals surface area contributed by atoms with Gasteiger partial charge < -0.3 is 4.90 Å². The van der Waals surface area contributed by atoms with Crippen LogP contribution >= 0.6 is 0 Å². The van der Waals surface area contributed by atoms with Crippen molar-refractivity contribution in [2.45, 2.75) is 19.9 Å². The fourth-order valence-corrected chi connectivity index (χ4v) is 2.29. The molecular formula is C17H23N3. The van der Waals surface area contributed by atoms with Crippen LogP contribution in [0.5, 0.6) is 0 Å². The summed E-state index contributed by atoms with van der Waals surface area (Å²) in [6.45, 7) is 4.25. The first-order valence-corrected chi connectivity index (χ1v) is 6.83. The summed E-state index contributed by atoms with van der Waals surface area (Å²) < 4.78 is 0. The summed E-state index contributed by atoms with van der Waals surface area (Å²) in [6, 6.07) is 15.0. The van der Waals surface area contributed by atoms with Crippen molar-refractivity contribution in [1.29, 1.82) is 0 Å². The summed E-state index contributed by atoms with van der Waals surface area (Å²) in [5, 5.41) is 0. The van der Waals surface area contributed by atoms with E-state index in [9.17, 15) is 0 Å². The number of hydrogen-bond donors (Lipinski definition) is 2. The third kappa shape index (κ3) is 3.00. The molecule has 3 N–H and O–H groups in total. The molecule has 0 spiro atoms. The van der Waals surface area contributed by atoms with Crippen LogP contribution in [0.2, 0.25) is 0 Å². The Hall–Kier alpha value is -1.84. The number of hydrogen-bond acceptors (Lipinski definition) is 3. The van der Waals surface area contributed by atoms with E-state index in [2.05, 4.69) is 66.6 Å². The Labute approximate surface area is 121 Å². The van der Waals surface area contributed by atoms with Crippen LogP contribution in [0.15, 0.2) is 42.5 Å². The molecule has 0 aliphatic carbocycles. The molecule has 1 unspecified atom stereocenters. The van der Waals surface area contributed by atoms with Gasteiger partial charge in [0.25, 0.3) is 0 Å². The van der Waals surface area contributed by atoms with Gasteiger partial charge in [0.2, 0.25) is 0 Å². The smallest absolute Gasteiger partial charge is 0.0710 e. The van der Waals surface area contributed by atoms with E-state index in [0.717, 1.165) is 0 Å². The van der Waals surface area contributed by atoms with Crippen LogP contribution in [0.4, 0.5) is 5.69 Å². The van der Waals surface area contributed by atoms with Gasteiger partial charge in [0, 0.05) is 19.8 Å². The minimum absolute atomic E-state index is 0.0190. The molecule has 1 atom stereocenters. The second-order valence-electron chi connectivity index (χ2n) is 5.43. The first-order chi connectivity index (χ1) is 9.52. The maximum Gasteiger partial charge on any atom is 0.0710 e. The van der Waals surface area contributed by atoms with Crippen molar-refractivity contribution in [2.24, 2.45) is 5.84 Å². The molecule has 2 aromatic rings. The van der Waals surface area contributed by atoms with E-state index in [1.54, 1.807) is 0 Å². The van der Waals surface area contributed by atoms with Crippen molar-refractivity contribution in [3.05, 3.63) is 64.7 Å². The zero-order valence-corrected chi connectivity index (χ0v) is 12.6. The number of benzene rings is 2. The van der Waals surface area contributed by atoms with E-state index in [0.29, 0.717) is 0 Å². The van der Waals surface area contributed by atoms with Gasteiger partial charge in [-0.15, -0.1) is 0 Å². The fourth-order valence-electron chi connectivity index (χ4n) is 2.29. The van der Waals surface area contributed by atoms with Gasteiger partial charge in [0.1, 0.15) is 0 Å². The van der Waals surface area contributed by atoms with Gasteiger partial charge in [0.15, 0.2) is 0 Å². The highest BCUT2D eigenvalue weighted by atomic mass is 15.2. The van der Waals surface area contributed by atoms with Gasteiger partial charge in [-0.1, -0.05) is 30.3 Å². The lowest BCUT2D eigenvalue weighted by atomic mass is 9.96. The van der Waals surface area contributed by atoms with Gasteiger partial charge in [-0.3, -0.25) is 5.84 Å². The second kappa shape index (κ2) is 6.07. The Morgan fingerprint density at radius 2 is 1.50 bits per heavy atom. The molecule has 0 radical (unpaired) electrons. The van der Waals surface area contributed by atoms with Crippen molar-refractivity contribution < 1.29 is 0 Å². The summed E-state index contributed by atoms with van der Waals surface area (Å²) >= 11 is 0. The molecule has 0 amide bonds. The zero-order valence-electron chi connectivity index (χ0n) is 12.6. The zero-order chi connectivity index (χ0) is 14.7. The van der Waals surface area contributed by atoms with Crippen LogP contribution in [0, 0.1) is 13.8 Å². The van der Waals surface area contributed by atoms with Crippen LogP contribution in [-0.2, 0) is 0 Å². The molecule has 0 bridgehead atoms. The number of rotatable bonds is 4. The van der Waals surface area contributed by atoms with Crippen LogP contribution in [0.25, 0.3) is 0 Å². The summed E-state index contributed by atoms with van der Waals surface area (Å²) in [6.07, 6.45) is 0. The minimum atomic E-state index is 0.0190. The largest absolute Gasteiger partial charge is 0.378 e. The molecule has 20 heavy (non-hydrogen) atoms. The normalized spacial score (nSPS) is 12.2. The first kappa shape index (κ1) is 14.6. The van der Waals surface area contributed by atoms with Crippen molar-refractivity contribution in [2.75, 3.05) is 19.0 Å². The topological polar surface area (TPSA) is 41.3 Å². The van der Waals surface area contributed by atoms with Gasteiger partial charge in [-0.25, -0.2) is 5.43 Å². The molecule has 0 saturated heterocycles. The highest BCUT2D eigenvalue weighted by Gasteiger charge is 2.13. The van der Waals surface area contributed by atoms with Crippen molar-refractivity contribution in [3.8, 4) is 0 Å². The summed E-state index contributed by atoms with van der Waals surface area (Å²) in [5.74, 6) is 5.76. The fraction of sp³-hybridized carbons (Fsp3) is 0.294. The number of anilines is 1. The van der Waals surface area contributed by atoms with E-state index >= 15 is 0 Å². The molecule has 0 aliphatic heterocycles. The Kier molecular flexibility index (Phi) is 4.42. The molecule has 0 aliphatic rings. The maximum atomic E-state index is 5.76. The second-order valence-corrected chi connectivity index (χ2v) is 5.43. The number of hydrazine groups is 1. The summed E-state index contributed by atoms with van der Waals surface area (Å²) in [4.78, 5) is 2.09. The van der Waals surface area contributed by atoms with Crippen molar-refractivity contribution in [3.63, 3.8) is 0 Å². The molecular weight excluding hydrogens is 246 g/mol. The average molecular weight is 269 g/mol. The SMILES string of the molecule is Cc1ccc(C(NN)c2ccc(N(C)C)cc2)cc1C. The Morgan fingerprint density at radius 3 is 2.00 bits per heavy atom. The lowest BCUT2D eigenvalue weighted by Crippen LogP contribution is -2.29. The lowest BCUT2D eigenvalue weighted by molar-refractivity contribution is 0.636. The molecule has 0 fully saturated rings. The Bertz CT molecular complexity index is 573. The predicted octanol–water partition coefficient (Wildman–Crippen LogP) is 2.92. The maximum absolute atomic E-state index is 5.76. The molecule has 3 heteroatoms. The lowest BCUT2D eigenvalue weighted by Gasteiger charge is -2.19. The van der Waals surface area contributed by atoms with Gasteiger partial charge in [-0.2, -0.15) is 0 Å². The highest BCUT2D eigenvalue weighted by molar-refractivity contribution is 5.48. The number of nitrogens with zero attached hydrogens (tertiary/aromatic N) is 1. The quantitative estimate of drug-likeness (QED) is 0.662. The van der Waals surface area contributed by atoms with Gasteiger partial charge in [-0.05, 0) is 48.2 Å². The van der Waals surface area contributed by atoms with Crippen LogP contribution in [-0.4, -0.2) is 14.1 Å². The van der Waals surface area contributed by atoms with E-state index in [1.165, 1.54) is 27.9 Å². The Balaban J connectivity index is 2.33. The molecule has 106 valence electrons. The number of nitrogens with one attached hydrogen (secondary N) is 1. The number of nitrogens with two attached hydrogens (primary N) is 1. The minimum Gasteiger partial charge on any atom is -0.378 e. The first-order valence-electron chi connectivity index (χ1n) is 6.83. The summed E-state index contributed by atoms with van der Waals surface area (Å²) in [7, 11) is 4.08. The molecule has 0 heterocycles. The Morgan fingerprint density at radius 1 is 0.900 bits per heavy atom. The van der Waals surface area contributed by atoms with Gasteiger partial charge >= 0.3 is 0 Å². The van der Waals surface area contributed by atoms with Crippen molar-refractivity contribution in [1.82, 2.24) is 5.43 Å². The molecule has 2 rings (SSSR count). The van der Waals surface area contributed by atoms with E-state index in [1.807, 2.05) is 14.1 Å². The van der Waals surface area contributed by atoms with E-state index in [4.69, 9.17) is 5.84 Å². The van der Waals surface area contributed by atoms with Crippen LogP contribution < -0.4 is 16.2 Å². The van der Waals surface area contributed by atoms with Crippen molar-refractivity contribution >= 4 is 5.69 Å². The molecule has 0 aromatic heterocycles. The third-order valence-electron chi connectivity index (χ3n) is 3.77. The predicted molar refractivity (Wildman–Crippen MR) is 85.9 cm³/mol. The van der Waals surface area contributed by atoms with E-state index in [-0.39, 0.29) is 6.04 Å². The molecule has 2 aromatic carbocycles. The molecule has 3 nitrogen and oxygen atoms in total. The number of aryl methyl sites for hydroxylation is 2. The third-order valence-corrected chi connectivity index (χ3v) is 3.77. The van der Waals surface area contributed by atoms with Gasteiger partial charge in [0.05, 0.1) is 6.04 Å². The highest BCUT2D eigenvalue weighted by Crippen LogP contribution is 2.25. The van der Waals surface area contributed by atoms with Crippen LogP contribution in [0.3, 0.4) is 0 Å². The standard InChI is InChI=1S/C17H23N3/c1-12-5-6-15(11-13(12)2)17(19-18)14-7-9-16(10-8-14)20(3)4/h5-11,17,19H,18H2,1-4H3.